The second-order valence-electron chi connectivity index (χ2n) is 6.00. The van der Waals surface area contributed by atoms with E-state index in [-0.39, 0.29) is 6.04 Å². The van der Waals surface area contributed by atoms with Crippen molar-refractivity contribution in [3.8, 4) is 17.0 Å². The third kappa shape index (κ3) is 4.11. The van der Waals surface area contributed by atoms with Crippen molar-refractivity contribution in [3.63, 3.8) is 0 Å². The topological polar surface area (TPSA) is 59.1 Å². The Morgan fingerprint density at radius 1 is 1.08 bits per heavy atom. The first-order valence-electron chi connectivity index (χ1n) is 8.74. The molecular formula is C21H24N4O. The molecule has 1 atom stereocenters. The van der Waals surface area contributed by atoms with Gasteiger partial charge in [-0.2, -0.15) is 0 Å². The van der Waals surface area contributed by atoms with Crippen molar-refractivity contribution < 1.29 is 4.74 Å². The van der Waals surface area contributed by atoms with Crippen molar-refractivity contribution in [1.29, 1.82) is 0 Å². The summed E-state index contributed by atoms with van der Waals surface area (Å²) in [4.78, 5) is 9.08. The van der Waals surface area contributed by atoms with Gasteiger partial charge in [-0.15, -0.1) is 0 Å². The third-order valence-corrected chi connectivity index (χ3v) is 4.31. The quantitative estimate of drug-likeness (QED) is 0.645. The molecule has 0 bridgehead atoms. The minimum Gasteiger partial charge on any atom is -0.497 e. The van der Waals surface area contributed by atoms with Crippen LogP contribution in [0.5, 0.6) is 5.75 Å². The van der Waals surface area contributed by atoms with Crippen LogP contribution in [0.1, 0.15) is 24.9 Å². The van der Waals surface area contributed by atoms with E-state index in [1.165, 1.54) is 5.56 Å². The maximum absolute atomic E-state index is 5.30. The Bertz CT molecular complexity index is 866. The number of anilines is 2. The van der Waals surface area contributed by atoms with Crippen LogP contribution in [0.25, 0.3) is 11.3 Å². The van der Waals surface area contributed by atoms with E-state index < -0.39 is 0 Å². The normalized spacial score (nSPS) is 11.7. The van der Waals surface area contributed by atoms with E-state index >= 15 is 0 Å². The van der Waals surface area contributed by atoms with Gasteiger partial charge >= 0.3 is 0 Å². The highest BCUT2D eigenvalue weighted by molar-refractivity contribution is 5.62. The zero-order chi connectivity index (χ0) is 18.4. The van der Waals surface area contributed by atoms with E-state index in [1.54, 1.807) is 19.5 Å². The standard InChI is InChI=1S/C21H24N4O/c1-4-19(15-7-5-9-17(11-15)22-2)24-21-14-23-13-20(25-21)16-8-6-10-18(12-16)26-3/h5-14,19,22H,4H2,1-3H3,(H,24,25). The van der Waals surface area contributed by atoms with Gasteiger partial charge < -0.3 is 15.4 Å². The molecule has 0 fully saturated rings. The molecule has 0 saturated heterocycles. The van der Waals surface area contributed by atoms with Crippen LogP contribution in [0.3, 0.4) is 0 Å². The zero-order valence-electron chi connectivity index (χ0n) is 15.4. The van der Waals surface area contributed by atoms with Crippen LogP contribution in [0, 0.1) is 0 Å². The van der Waals surface area contributed by atoms with Gasteiger partial charge in [-0.05, 0) is 36.2 Å². The van der Waals surface area contributed by atoms with Gasteiger partial charge in [-0.25, -0.2) is 4.98 Å². The molecule has 1 aromatic heterocycles. The average molecular weight is 348 g/mol. The average Bonchev–Trinajstić information content (AvgIpc) is 2.72. The summed E-state index contributed by atoms with van der Waals surface area (Å²) in [7, 11) is 3.59. The molecule has 3 rings (SSSR count). The van der Waals surface area contributed by atoms with Crippen LogP contribution >= 0.6 is 0 Å². The second-order valence-corrected chi connectivity index (χ2v) is 6.00. The molecule has 1 heterocycles. The van der Waals surface area contributed by atoms with Crippen molar-refractivity contribution in [3.05, 3.63) is 66.5 Å². The Labute approximate surface area is 154 Å². The third-order valence-electron chi connectivity index (χ3n) is 4.31. The van der Waals surface area contributed by atoms with Gasteiger partial charge in [0, 0.05) is 18.3 Å². The van der Waals surface area contributed by atoms with E-state index in [4.69, 9.17) is 9.72 Å². The number of rotatable bonds is 7. The van der Waals surface area contributed by atoms with Crippen LogP contribution < -0.4 is 15.4 Å². The number of ether oxygens (including phenoxy) is 1. The van der Waals surface area contributed by atoms with Crippen LogP contribution in [0.4, 0.5) is 11.5 Å². The van der Waals surface area contributed by atoms with Crippen molar-refractivity contribution in [2.75, 3.05) is 24.8 Å². The molecule has 0 aliphatic carbocycles. The molecule has 0 amide bonds. The lowest BCUT2D eigenvalue weighted by molar-refractivity contribution is 0.415. The Kier molecular flexibility index (Phi) is 5.69. The number of hydrogen-bond acceptors (Lipinski definition) is 5. The first-order valence-corrected chi connectivity index (χ1v) is 8.74. The van der Waals surface area contributed by atoms with E-state index in [0.717, 1.165) is 34.9 Å². The molecule has 0 radical (unpaired) electrons. The van der Waals surface area contributed by atoms with Crippen LogP contribution in [-0.2, 0) is 0 Å². The summed E-state index contributed by atoms with van der Waals surface area (Å²) in [5.74, 6) is 1.56. The van der Waals surface area contributed by atoms with Crippen molar-refractivity contribution in [1.82, 2.24) is 9.97 Å². The van der Waals surface area contributed by atoms with Gasteiger partial charge in [0.25, 0.3) is 0 Å². The molecule has 2 aromatic carbocycles. The lowest BCUT2D eigenvalue weighted by Crippen LogP contribution is -2.11. The van der Waals surface area contributed by atoms with Crippen molar-refractivity contribution in [2.24, 2.45) is 0 Å². The number of nitrogens with zero attached hydrogens (tertiary/aromatic N) is 2. The molecule has 5 heteroatoms. The SMILES string of the molecule is CCC(Nc1cncc(-c2cccc(OC)c2)n1)c1cccc(NC)c1. The Morgan fingerprint density at radius 3 is 2.69 bits per heavy atom. The van der Waals surface area contributed by atoms with E-state index in [1.807, 2.05) is 31.3 Å². The molecule has 0 aliphatic heterocycles. The summed E-state index contributed by atoms with van der Waals surface area (Å²) in [5.41, 5.74) is 4.10. The number of hydrogen-bond donors (Lipinski definition) is 2. The van der Waals surface area contributed by atoms with Crippen molar-refractivity contribution >= 4 is 11.5 Å². The lowest BCUT2D eigenvalue weighted by Gasteiger charge is -2.19. The maximum atomic E-state index is 5.30. The second kappa shape index (κ2) is 8.34. The number of methoxy groups -OCH3 is 1. The van der Waals surface area contributed by atoms with E-state index in [0.29, 0.717) is 0 Å². The summed E-state index contributed by atoms with van der Waals surface area (Å²) in [6, 6.07) is 16.4. The summed E-state index contributed by atoms with van der Waals surface area (Å²) < 4.78 is 5.30. The molecule has 134 valence electrons. The van der Waals surface area contributed by atoms with Gasteiger partial charge in [0.15, 0.2) is 0 Å². The Hall–Kier alpha value is -3.08. The van der Waals surface area contributed by atoms with Gasteiger partial charge in [-0.3, -0.25) is 4.98 Å². The van der Waals surface area contributed by atoms with Gasteiger partial charge in [0.2, 0.25) is 0 Å². The maximum Gasteiger partial charge on any atom is 0.145 e. The summed E-state index contributed by atoms with van der Waals surface area (Å²) in [6.07, 6.45) is 4.47. The molecule has 0 spiro atoms. The fourth-order valence-electron chi connectivity index (χ4n) is 2.87. The summed E-state index contributed by atoms with van der Waals surface area (Å²) >= 11 is 0. The molecule has 0 saturated carbocycles. The van der Waals surface area contributed by atoms with E-state index in [9.17, 15) is 0 Å². The molecule has 0 aliphatic rings. The van der Waals surface area contributed by atoms with Crippen LogP contribution in [0.15, 0.2) is 60.9 Å². The molecule has 5 nitrogen and oxygen atoms in total. The zero-order valence-corrected chi connectivity index (χ0v) is 15.4. The van der Waals surface area contributed by atoms with E-state index in [2.05, 4.69) is 46.8 Å². The summed E-state index contributed by atoms with van der Waals surface area (Å²) in [5, 5.41) is 6.69. The molecule has 26 heavy (non-hydrogen) atoms. The van der Waals surface area contributed by atoms with Crippen molar-refractivity contribution in [2.45, 2.75) is 19.4 Å². The highest BCUT2D eigenvalue weighted by Gasteiger charge is 2.11. The fourth-order valence-corrected chi connectivity index (χ4v) is 2.87. The highest BCUT2D eigenvalue weighted by atomic mass is 16.5. The Morgan fingerprint density at radius 2 is 1.92 bits per heavy atom. The first kappa shape index (κ1) is 17.7. The predicted octanol–water partition coefficient (Wildman–Crippen LogP) is 4.76. The first-order chi connectivity index (χ1) is 12.7. The summed E-state index contributed by atoms with van der Waals surface area (Å²) in [6.45, 7) is 2.16. The lowest BCUT2D eigenvalue weighted by atomic mass is 10.0. The Balaban J connectivity index is 1.84. The number of aromatic nitrogens is 2. The van der Waals surface area contributed by atoms with Crippen LogP contribution in [0.2, 0.25) is 0 Å². The smallest absolute Gasteiger partial charge is 0.145 e. The molecule has 2 N–H and O–H groups in total. The predicted molar refractivity (Wildman–Crippen MR) is 107 cm³/mol. The molecule has 1 unspecified atom stereocenters. The number of nitrogens with one attached hydrogen (secondary N) is 2. The molecular weight excluding hydrogens is 324 g/mol. The minimum absolute atomic E-state index is 0.165. The van der Waals surface area contributed by atoms with Crippen LogP contribution in [-0.4, -0.2) is 24.1 Å². The minimum atomic E-state index is 0.165. The molecule has 3 aromatic rings. The highest BCUT2D eigenvalue weighted by Crippen LogP contribution is 2.26. The number of benzene rings is 2. The monoisotopic (exact) mass is 348 g/mol. The largest absolute Gasteiger partial charge is 0.497 e. The van der Waals surface area contributed by atoms with Gasteiger partial charge in [0.1, 0.15) is 11.6 Å². The fraction of sp³-hybridized carbons (Fsp3) is 0.238. The van der Waals surface area contributed by atoms with Gasteiger partial charge in [-0.1, -0.05) is 31.2 Å². The van der Waals surface area contributed by atoms with Gasteiger partial charge in [0.05, 0.1) is 31.2 Å².